The second-order valence-electron chi connectivity index (χ2n) is 5.43. The van der Waals surface area contributed by atoms with Crippen molar-refractivity contribution in [1.82, 2.24) is 4.98 Å². The summed E-state index contributed by atoms with van der Waals surface area (Å²) in [7, 11) is 1.64. The van der Waals surface area contributed by atoms with E-state index in [0.717, 1.165) is 33.5 Å². The van der Waals surface area contributed by atoms with E-state index in [1.54, 1.807) is 7.11 Å². The fourth-order valence-electron chi connectivity index (χ4n) is 2.71. The molecule has 3 aromatic rings. The van der Waals surface area contributed by atoms with Crippen LogP contribution in [-0.4, -0.2) is 18.1 Å². The summed E-state index contributed by atoms with van der Waals surface area (Å²) in [6, 6.07) is 15.5. The van der Waals surface area contributed by atoms with E-state index in [-0.39, 0.29) is 12.4 Å². The van der Waals surface area contributed by atoms with E-state index in [1.807, 2.05) is 55.5 Å². The van der Waals surface area contributed by atoms with Crippen LogP contribution in [-0.2, 0) is 22.6 Å². The number of methoxy groups -OCH3 is 1. The molecule has 0 radical (unpaired) electrons. The number of carbonyl (C=O) groups is 1. The predicted molar refractivity (Wildman–Crippen MR) is 89.5 cm³/mol. The van der Waals surface area contributed by atoms with Gasteiger partial charge in [0.15, 0.2) is 0 Å². The van der Waals surface area contributed by atoms with Crippen molar-refractivity contribution in [2.75, 3.05) is 7.11 Å². The van der Waals surface area contributed by atoms with Gasteiger partial charge in [0.1, 0.15) is 12.4 Å². The monoisotopic (exact) mass is 309 g/mol. The Balaban J connectivity index is 1.76. The number of aromatic nitrogens is 1. The number of fused-ring (bicyclic) bond motifs is 1. The van der Waals surface area contributed by atoms with Gasteiger partial charge in [-0.3, -0.25) is 4.79 Å². The summed E-state index contributed by atoms with van der Waals surface area (Å²) in [6.07, 6.45) is 0.242. The van der Waals surface area contributed by atoms with E-state index in [4.69, 9.17) is 9.47 Å². The summed E-state index contributed by atoms with van der Waals surface area (Å²) in [5.41, 5.74) is 3.81. The molecule has 118 valence electrons. The van der Waals surface area contributed by atoms with Gasteiger partial charge in [0.25, 0.3) is 0 Å². The lowest BCUT2D eigenvalue weighted by atomic mass is 10.1. The van der Waals surface area contributed by atoms with Gasteiger partial charge < -0.3 is 14.5 Å². The first-order valence-corrected chi connectivity index (χ1v) is 7.52. The van der Waals surface area contributed by atoms with Crippen molar-refractivity contribution in [2.45, 2.75) is 20.0 Å². The predicted octanol–water partition coefficient (Wildman–Crippen LogP) is 3.77. The number of nitrogens with one attached hydrogen (secondary N) is 1. The summed E-state index contributed by atoms with van der Waals surface area (Å²) >= 11 is 0. The molecule has 2 aromatic carbocycles. The van der Waals surface area contributed by atoms with Crippen LogP contribution in [0.15, 0.2) is 48.5 Å². The van der Waals surface area contributed by atoms with Crippen molar-refractivity contribution in [3.8, 4) is 5.75 Å². The van der Waals surface area contributed by atoms with Crippen LogP contribution >= 0.6 is 0 Å². The molecular formula is C19H19NO3. The molecule has 0 amide bonds. The Morgan fingerprint density at radius 3 is 2.61 bits per heavy atom. The number of aryl methyl sites for hydroxylation is 1. The minimum Gasteiger partial charge on any atom is -0.495 e. The normalized spacial score (nSPS) is 10.7. The molecule has 0 fully saturated rings. The number of para-hydroxylation sites is 1. The van der Waals surface area contributed by atoms with E-state index in [1.165, 1.54) is 0 Å². The number of H-pyrrole nitrogens is 1. The van der Waals surface area contributed by atoms with Crippen molar-refractivity contribution in [3.63, 3.8) is 0 Å². The van der Waals surface area contributed by atoms with Crippen LogP contribution < -0.4 is 4.74 Å². The number of hydrogen-bond donors (Lipinski definition) is 1. The average Bonchev–Trinajstić information content (AvgIpc) is 2.90. The molecule has 0 bridgehead atoms. The van der Waals surface area contributed by atoms with Crippen molar-refractivity contribution >= 4 is 16.9 Å². The molecule has 1 heterocycles. The number of hydrogen-bond acceptors (Lipinski definition) is 3. The molecule has 0 saturated carbocycles. The topological polar surface area (TPSA) is 51.3 Å². The fraction of sp³-hybridized carbons (Fsp3) is 0.211. The second-order valence-corrected chi connectivity index (χ2v) is 5.43. The summed E-state index contributed by atoms with van der Waals surface area (Å²) in [4.78, 5) is 15.5. The molecule has 0 saturated heterocycles. The van der Waals surface area contributed by atoms with Crippen LogP contribution in [0, 0.1) is 6.92 Å². The van der Waals surface area contributed by atoms with Crippen molar-refractivity contribution in [2.24, 2.45) is 0 Å². The van der Waals surface area contributed by atoms with E-state index in [2.05, 4.69) is 4.98 Å². The number of ether oxygens (including phenoxy) is 2. The third kappa shape index (κ3) is 3.21. The first kappa shape index (κ1) is 15.2. The van der Waals surface area contributed by atoms with Gasteiger partial charge in [0, 0.05) is 11.1 Å². The minimum absolute atomic E-state index is 0.235. The number of benzene rings is 2. The largest absolute Gasteiger partial charge is 0.495 e. The number of esters is 1. The molecule has 0 unspecified atom stereocenters. The smallest absolute Gasteiger partial charge is 0.310 e. The van der Waals surface area contributed by atoms with Gasteiger partial charge in [0.05, 0.1) is 19.0 Å². The molecule has 1 N–H and O–H groups in total. The highest BCUT2D eigenvalue weighted by atomic mass is 16.5. The summed E-state index contributed by atoms with van der Waals surface area (Å²) in [6.45, 7) is 2.25. The quantitative estimate of drug-likeness (QED) is 0.730. The Morgan fingerprint density at radius 2 is 1.87 bits per heavy atom. The van der Waals surface area contributed by atoms with Crippen LogP contribution in [0.1, 0.15) is 16.8 Å². The van der Waals surface area contributed by atoms with Gasteiger partial charge in [-0.1, -0.05) is 42.5 Å². The highest BCUT2D eigenvalue weighted by molar-refractivity contribution is 5.92. The molecule has 0 aliphatic carbocycles. The molecule has 23 heavy (non-hydrogen) atoms. The molecule has 4 nitrogen and oxygen atoms in total. The Hall–Kier alpha value is -2.75. The van der Waals surface area contributed by atoms with Gasteiger partial charge in [-0.05, 0) is 24.1 Å². The Bertz CT molecular complexity index is 821. The zero-order chi connectivity index (χ0) is 16.2. The maximum absolute atomic E-state index is 12.2. The summed E-state index contributed by atoms with van der Waals surface area (Å²) in [5, 5.41) is 0.999. The maximum Gasteiger partial charge on any atom is 0.310 e. The summed E-state index contributed by atoms with van der Waals surface area (Å²) in [5.74, 6) is 0.537. The van der Waals surface area contributed by atoms with Crippen LogP contribution in [0.25, 0.3) is 10.9 Å². The van der Waals surface area contributed by atoms with Crippen molar-refractivity contribution in [1.29, 1.82) is 0 Å². The molecular weight excluding hydrogens is 290 g/mol. The molecule has 0 spiro atoms. The first-order valence-electron chi connectivity index (χ1n) is 7.52. The van der Waals surface area contributed by atoms with Gasteiger partial charge in [-0.15, -0.1) is 0 Å². The van der Waals surface area contributed by atoms with Crippen molar-refractivity contribution in [3.05, 3.63) is 65.4 Å². The standard InChI is InChI=1S/C19H19NO3/c1-13-16(15-9-6-10-17(22-2)19(15)20-13)11-18(21)23-12-14-7-4-3-5-8-14/h3-10,20H,11-12H2,1-2H3. The summed E-state index contributed by atoms with van der Waals surface area (Å²) < 4.78 is 10.7. The molecule has 0 aliphatic rings. The first-order chi connectivity index (χ1) is 11.2. The molecule has 0 atom stereocenters. The highest BCUT2D eigenvalue weighted by Crippen LogP contribution is 2.29. The van der Waals surface area contributed by atoms with Gasteiger partial charge in [-0.25, -0.2) is 0 Å². The fourth-order valence-corrected chi connectivity index (χ4v) is 2.71. The van der Waals surface area contributed by atoms with E-state index >= 15 is 0 Å². The molecule has 3 rings (SSSR count). The van der Waals surface area contributed by atoms with Crippen LogP contribution in [0.3, 0.4) is 0 Å². The average molecular weight is 309 g/mol. The Kier molecular flexibility index (Phi) is 4.33. The Morgan fingerprint density at radius 1 is 1.09 bits per heavy atom. The molecule has 4 heteroatoms. The maximum atomic E-state index is 12.2. The van der Waals surface area contributed by atoms with Gasteiger partial charge in [-0.2, -0.15) is 0 Å². The van der Waals surface area contributed by atoms with Gasteiger partial charge >= 0.3 is 5.97 Å². The Labute approximate surface area is 135 Å². The zero-order valence-corrected chi connectivity index (χ0v) is 13.3. The number of aromatic amines is 1. The van der Waals surface area contributed by atoms with E-state index < -0.39 is 0 Å². The number of rotatable bonds is 5. The molecule has 0 aliphatic heterocycles. The SMILES string of the molecule is COc1cccc2c(CC(=O)OCc3ccccc3)c(C)[nH]c12. The van der Waals surface area contributed by atoms with E-state index in [0.29, 0.717) is 6.61 Å². The minimum atomic E-state index is -0.235. The second kappa shape index (κ2) is 6.57. The lowest BCUT2D eigenvalue weighted by Gasteiger charge is -2.06. The van der Waals surface area contributed by atoms with Gasteiger partial charge in [0.2, 0.25) is 0 Å². The van der Waals surface area contributed by atoms with Crippen LogP contribution in [0.4, 0.5) is 0 Å². The van der Waals surface area contributed by atoms with Crippen LogP contribution in [0.2, 0.25) is 0 Å². The third-order valence-corrected chi connectivity index (χ3v) is 3.90. The molecule has 1 aromatic heterocycles. The van der Waals surface area contributed by atoms with E-state index in [9.17, 15) is 4.79 Å². The lowest BCUT2D eigenvalue weighted by molar-refractivity contribution is -0.144. The lowest BCUT2D eigenvalue weighted by Crippen LogP contribution is -2.08. The number of carbonyl (C=O) groups excluding carboxylic acids is 1. The third-order valence-electron chi connectivity index (χ3n) is 3.90. The van der Waals surface area contributed by atoms with Crippen molar-refractivity contribution < 1.29 is 14.3 Å². The zero-order valence-electron chi connectivity index (χ0n) is 13.3. The van der Waals surface area contributed by atoms with Crippen LogP contribution in [0.5, 0.6) is 5.75 Å². The highest BCUT2D eigenvalue weighted by Gasteiger charge is 2.15.